The average Bonchev–Trinajstić information content (AvgIpc) is 2.32. The lowest BCUT2D eigenvalue weighted by atomic mass is 10.2. The lowest BCUT2D eigenvalue weighted by Crippen LogP contribution is -2.56. The maximum absolute atomic E-state index is 3.42. The van der Waals surface area contributed by atoms with Crippen LogP contribution >= 0.6 is 0 Å². The van der Waals surface area contributed by atoms with E-state index in [1.54, 1.807) is 0 Å². The highest BCUT2D eigenvalue weighted by Gasteiger charge is 2.29. The van der Waals surface area contributed by atoms with Gasteiger partial charge in [0.2, 0.25) is 0 Å². The van der Waals surface area contributed by atoms with Crippen molar-refractivity contribution in [1.29, 1.82) is 0 Å². The van der Waals surface area contributed by atoms with E-state index >= 15 is 0 Å². The summed E-state index contributed by atoms with van der Waals surface area (Å²) in [4.78, 5) is 0. The summed E-state index contributed by atoms with van der Waals surface area (Å²) in [6, 6.07) is 10.8. The van der Waals surface area contributed by atoms with Crippen molar-refractivity contribution in [3.63, 3.8) is 0 Å². The number of para-hydroxylation sites is 1. The molecule has 1 aromatic carbocycles. The van der Waals surface area contributed by atoms with Crippen LogP contribution in [0.5, 0.6) is 0 Å². The van der Waals surface area contributed by atoms with Gasteiger partial charge in [0, 0.05) is 13.1 Å². The molecule has 0 bridgehead atoms. The van der Waals surface area contributed by atoms with E-state index in [2.05, 4.69) is 54.8 Å². The fourth-order valence-corrected chi connectivity index (χ4v) is 2.30. The molecule has 1 heterocycles. The Balaban J connectivity index is 2.33. The number of quaternary nitrogens is 1. The van der Waals surface area contributed by atoms with E-state index in [0.717, 1.165) is 30.7 Å². The van der Waals surface area contributed by atoms with Gasteiger partial charge in [-0.05, 0) is 25.1 Å². The Bertz CT molecular complexity index is 324. The van der Waals surface area contributed by atoms with Gasteiger partial charge in [-0.15, -0.1) is 0 Å². The Morgan fingerprint density at radius 1 is 1.13 bits per heavy atom. The lowest BCUT2D eigenvalue weighted by Gasteiger charge is -2.37. The fraction of sp³-hybridized carbons (Fsp3) is 0.385. The molecule has 1 fully saturated rings. The molecule has 0 radical (unpaired) electrons. The second kappa shape index (κ2) is 4.60. The maximum Gasteiger partial charge on any atom is 0.137 e. The normalized spacial score (nSPS) is 20.6. The number of rotatable bonds is 2. The predicted octanol–water partition coefficient (Wildman–Crippen LogP) is 2.13. The molecule has 1 aliphatic heterocycles. The van der Waals surface area contributed by atoms with Crippen LogP contribution in [-0.2, 0) is 0 Å². The number of piperazine rings is 1. The zero-order valence-electron chi connectivity index (χ0n) is 9.32. The Morgan fingerprint density at radius 2 is 1.80 bits per heavy atom. The molecule has 2 rings (SSSR count). The highest BCUT2D eigenvalue weighted by molar-refractivity contribution is 5.45. The van der Waals surface area contributed by atoms with Gasteiger partial charge in [-0.3, -0.25) is 4.48 Å². The van der Waals surface area contributed by atoms with Crippen LogP contribution in [0.3, 0.4) is 0 Å². The monoisotopic (exact) mass is 203 g/mol. The molecule has 80 valence electrons. The van der Waals surface area contributed by atoms with Crippen molar-refractivity contribution < 1.29 is 0 Å². The number of hydrogen-bond donors (Lipinski definition) is 1. The van der Waals surface area contributed by atoms with E-state index in [1.165, 1.54) is 5.69 Å². The van der Waals surface area contributed by atoms with Crippen LogP contribution in [0.2, 0.25) is 0 Å². The van der Waals surface area contributed by atoms with Crippen molar-refractivity contribution in [3.05, 3.63) is 42.6 Å². The minimum Gasteiger partial charge on any atom is -0.306 e. The van der Waals surface area contributed by atoms with E-state index in [9.17, 15) is 0 Å². The third-order valence-corrected chi connectivity index (χ3v) is 3.08. The first-order valence-electron chi connectivity index (χ1n) is 5.64. The van der Waals surface area contributed by atoms with Gasteiger partial charge in [0.1, 0.15) is 18.8 Å². The second-order valence-corrected chi connectivity index (χ2v) is 4.05. The molecule has 0 spiro atoms. The van der Waals surface area contributed by atoms with Crippen molar-refractivity contribution >= 4 is 5.69 Å². The summed E-state index contributed by atoms with van der Waals surface area (Å²) < 4.78 is 0.990. The summed E-state index contributed by atoms with van der Waals surface area (Å²) in [6.45, 7) is 6.59. The molecule has 15 heavy (non-hydrogen) atoms. The van der Waals surface area contributed by atoms with E-state index in [1.807, 2.05) is 0 Å². The highest BCUT2D eigenvalue weighted by atomic mass is 15.4. The third-order valence-electron chi connectivity index (χ3n) is 3.08. The minimum atomic E-state index is 0.990. The van der Waals surface area contributed by atoms with Crippen molar-refractivity contribution in [1.82, 2.24) is 9.80 Å². The number of nitrogens with one attached hydrogen (secondary N) is 1. The molecule has 1 aliphatic rings. The Hall–Kier alpha value is -1.12. The quantitative estimate of drug-likeness (QED) is 0.726. The largest absolute Gasteiger partial charge is 0.306 e. The zero-order valence-corrected chi connectivity index (χ0v) is 9.32. The Labute approximate surface area is 91.8 Å². The fourth-order valence-electron chi connectivity index (χ4n) is 2.30. The molecule has 0 aliphatic carbocycles. The van der Waals surface area contributed by atoms with Crippen LogP contribution in [0.15, 0.2) is 42.6 Å². The number of hydrogen-bond acceptors (Lipinski definition) is 1. The molecule has 0 amide bonds. The van der Waals surface area contributed by atoms with Gasteiger partial charge in [-0.25, -0.2) is 0 Å². The highest BCUT2D eigenvalue weighted by Crippen LogP contribution is 2.24. The summed E-state index contributed by atoms with van der Waals surface area (Å²) in [5, 5.41) is 3.42. The molecule has 2 nitrogen and oxygen atoms in total. The van der Waals surface area contributed by atoms with Crippen LogP contribution in [0.4, 0.5) is 5.69 Å². The first-order valence-corrected chi connectivity index (χ1v) is 5.64. The molecule has 1 saturated heterocycles. The maximum atomic E-state index is 3.42. The van der Waals surface area contributed by atoms with Crippen LogP contribution in [0.25, 0.3) is 0 Å². The summed E-state index contributed by atoms with van der Waals surface area (Å²) in [6.07, 6.45) is 4.48. The van der Waals surface area contributed by atoms with E-state index in [0.29, 0.717) is 0 Å². The molecule has 1 aromatic rings. The van der Waals surface area contributed by atoms with Crippen LogP contribution in [0, 0.1) is 0 Å². The Morgan fingerprint density at radius 3 is 2.40 bits per heavy atom. The van der Waals surface area contributed by atoms with Gasteiger partial charge in [0.05, 0.1) is 6.20 Å². The summed E-state index contributed by atoms with van der Waals surface area (Å²) in [5.41, 5.74) is 1.40. The minimum absolute atomic E-state index is 0.990. The molecular formula is C13H19N2+. The third kappa shape index (κ3) is 2.11. The van der Waals surface area contributed by atoms with Crippen LogP contribution in [-0.4, -0.2) is 26.2 Å². The number of benzene rings is 1. The molecule has 0 unspecified atom stereocenters. The average molecular weight is 203 g/mol. The van der Waals surface area contributed by atoms with Gasteiger partial charge in [-0.2, -0.15) is 0 Å². The zero-order chi connectivity index (χ0) is 10.6. The van der Waals surface area contributed by atoms with Gasteiger partial charge >= 0.3 is 0 Å². The second-order valence-electron chi connectivity index (χ2n) is 4.05. The van der Waals surface area contributed by atoms with Crippen LogP contribution in [0.1, 0.15) is 6.92 Å². The molecule has 0 atom stereocenters. The van der Waals surface area contributed by atoms with Crippen LogP contribution < -0.4 is 9.80 Å². The first kappa shape index (κ1) is 10.4. The smallest absolute Gasteiger partial charge is 0.137 e. The van der Waals surface area contributed by atoms with Gasteiger partial charge in [-0.1, -0.05) is 18.2 Å². The van der Waals surface area contributed by atoms with E-state index < -0.39 is 0 Å². The molecule has 1 N–H and O–H groups in total. The molecular weight excluding hydrogens is 184 g/mol. The van der Waals surface area contributed by atoms with Gasteiger partial charge in [0.15, 0.2) is 0 Å². The van der Waals surface area contributed by atoms with E-state index in [-0.39, 0.29) is 0 Å². The molecule has 0 saturated carbocycles. The first-order chi connectivity index (χ1) is 7.37. The summed E-state index contributed by atoms with van der Waals surface area (Å²) in [7, 11) is 0. The van der Waals surface area contributed by atoms with Crippen molar-refractivity contribution in [2.24, 2.45) is 0 Å². The van der Waals surface area contributed by atoms with Crippen molar-refractivity contribution in [3.8, 4) is 0 Å². The molecule has 2 heteroatoms. The molecule has 0 aromatic heterocycles. The number of nitrogens with zero attached hydrogens (tertiary/aromatic N) is 1. The van der Waals surface area contributed by atoms with Crippen molar-refractivity contribution in [2.75, 3.05) is 26.2 Å². The number of allylic oxidation sites excluding steroid dienone is 1. The van der Waals surface area contributed by atoms with Gasteiger partial charge < -0.3 is 5.32 Å². The van der Waals surface area contributed by atoms with Gasteiger partial charge in [0.25, 0.3) is 0 Å². The summed E-state index contributed by atoms with van der Waals surface area (Å²) >= 11 is 0. The Kier molecular flexibility index (Phi) is 3.19. The predicted molar refractivity (Wildman–Crippen MR) is 65.7 cm³/mol. The van der Waals surface area contributed by atoms with E-state index in [4.69, 9.17) is 0 Å². The lowest BCUT2D eigenvalue weighted by molar-refractivity contribution is 0.319. The topological polar surface area (TPSA) is 12.0 Å². The summed E-state index contributed by atoms with van der Waals surface area (Å²) in [5.74, 6) is 0. The SMILES string of the molecule is CC=C[N+]1(c2ccccc2)CCNCC1. The van der Waals surface area contributed by atoms with Crippen molar-refractivity contribution in [2.45, 2.75) is 6.92 Å². The standard InChI is InChI=1S/C13H19N2/c1-2-10-15(11-8-14-9-12-15)13-6-4-3-5-7-13/h2-7,10,14H,8-9,11-12H2,1H3/q+1.